The zero-order valence-electron chi connectivity index (χ0n) is 9.26. The summed E-state index contributed by atoms with van der Waals surface area (Å²) in [7, 11) is 0. The van der Waals surface area contributed by atoms with Crippen LogP contribution in [-0.2, 0) is 11.3 Å². The molecule has 1 amide bonds. The molecule has 1 aromatic heterocycles. The molecule has 6 nitrogen and oxygen atoms in total. The van der Waals surface area contributed by atoms with E-state index in [9.17, 15) is 4.79 Å². The molecule has 0 bridgehead atoms. The Balaban J connectivity index is 2.14. The van der Waals surface area contributed by atoms with E-state index >= 15 is 0 Å². The van der Waals surface area contributed by atoms with Crippen molar-refractivity contribution in [2.24, 2.45) is 0 Å². The van der Waals surface area contributed by atoms with Crippen LogP contribution in [0.1, 0.15) is 24.2 Å². The average Bonchev–Trinajstić information content (AvgIpc) is 2.97. The Morgan fingerprint density at radius 2 is 2.06 bits per heavy atom. The molecule has 1 fully saturated rings. The Hall–Kier alpha value is -2.34. The first kappa shape index (κ1) is 11.2. The van der Waals surface area contributed by atoms with E-state index in [0.29, 0.717) is 0 Å². The van der Waals surface area contributed by atoms with Gasteiger partial charge >= 0.3 is 0 Å². The van der Waals surface area contributed by atoms with Gasteiger partial charge in [0.1, 0.15) is 18.7 Å². The van der Waals surface area contributed by atoms with Gasteiger partial charge in [0, 0.05) is 13.1 Å². The minimum atomic E-state index is -0.0270. The zero-order valence-corrected chi connectivity index (χ0v) is 9.26. The maximum atomic E-state index is 11.9. The number of imidazole rings is 1. The molecule has 1 aliphatic rings. The van der Waals surface area contributed by atoms with E-state index in [0.717, 1.165) is 25.9 Å². The highest BCUT2D eigenvalue weighted by Gasteiger charge is 2.20. The summed E-state index contributed by atoms with van der Waals surface area (Å²) < 4.78 is 1.43. The lowest BCUT2D eigenvalue weighted by Crippen LogP contribution is -2.31. The molecule has 0 aromatic carbocycles. The summed E-state index contributed by atoms with van der Waals surface area (Å²) in [5, 5.41) is 17.6. The van der Waals surface area contributed by atoms with Crippen LogP contribution in [-0.4, -0.2) is 33.4 Å². The summed E-state index contributed by atoms with van der Waals surface area (Å²) >= 11 is 0. The number of aromatic nitrogens is 2. The molecule has 0 N–H and O–H groups in total. The number of carbonyl (C=O) groups excluding carboxylic acids is 1. The minimum Gasteiger partial charge on any atom is -0.341 e. The first-order chi connectivity index (χ1) is 8.26. The SMILES string of the molecule is N#Cc1ncn(CC(=O)N2CCCC2)c1C#N. The Bertz CT molecular complexity index is 513. The van der Waals surface area contributed by atoms with Gasteiger partial charge in [-0.15, -0.1) is 0 Å². The fourth-order valence-electron chi connectivity index (χ4n) is 1.91. The van der Waals surface area contributed by atoms with Gasteiger partial charge in [0.2, 0.25) is 5.91 Å². The second kappa shape index (κ2) is 4.67. The van der Waals surface area contributed by atoms with Gasteiger partial charge < -0.3 is 9.47 Å². The Labute approximate surface area is 98.7 Å². The van der Waals surface area contributed by atoms with E-state index in [2.05, 4.69) is 4.98 Å². The molecule has 1 aromatic rings. The van der Waals surface area contributed by atoms with Crippen LogP contribution in [0.3, 0.4) is 0 Å². The molecule has 6 heteroatoms. The summed E-state index contributed by atoms with van der Waals surface area (Å²) in [5.74, 6) is -0.0270. The fourth-order valence-corrected chi connectivity index (χ4v) is 1.91. The number of rotatable bonds is 2. The summed E-state index contributed by atoms with van der Waals surface area (Å²) in [6.45, 7) is 1.64. The molecule has 0 unspecified atom stereocenters. The molecule has 86 valence electrons. The standard InChI is InChI=1S/C11H11N5O/c12-5-9-10(6-13)16(8-14-9)7-11(17)15-3-1-2-4-15/h8H,1-4,7H2. The molecule has 0 radical (unpaired) electrons. The van der Waals surface area contributed by atoms with Crippen LogP contribution in [0.15, 0.2) is 6.33 Å². The van der Waals surface area contributed by atoms with Crippen molar-refractivity contribution in [3.05, 3.63) is 17.7 Å². The van der Waals surface area contributed by atoms with E-state index < -0.39 is 0 Å². The van der Waals surface area contributed by atoms with Crippen molar-refractivity contribution < 1.29 is 4.79 Å². The number of nitriles is 2. The van der Waals surface area contributed by atoms with E-state index in [1.807, 2.05) is 12.1 Å². The van der Waals surface area contributed by atoms with Gasteiger partial charge in [-0.2, -0.15) is 10.5 Å². The van der Waals surface area contributed by atoms with Gasteiger partial charge in [-0.25, -0.2) is 4.98 Å². The predicted octanol–water partition coefficient (Wildman–Crippen LogP) is 0.249. The second-order valence-corrected chi connectivity index (χ2v) is 3.88. The fraction of sp³-hybridized carbons (Fsp3) is 0.455. The van der Waals surface area contributed by atoms with Crippen LogP contribution in [0.5, 0.6) is 0 Å². The maximum Gasteiger partial charge on any atom is 0.242 e. The lowest BCUT2D eigenvalue weighted by atomic mass is 10.3. The smallest absolute Gasteiger partial charge is 0.242 e. The Morgan fingerprint density at radius 1 is 1.35 bits per heavy atom. The highest BCUT2D eigenvalue weighted by atomic mass is 16.2. The normalized spacial score (nSPS) is 14.4. The average molecular weight is 229 g/mol. The van der Waals surface area contributed by atoms with Crippen LogP contribution in [0.4, 0.5) is 0 Å². The summed E-state index contributed by atoms with van der Waals surface area (Å²) in [5.41, 5.74) is 0.224. The zero-order chi connectivity index (χ0) is 12.3. The number of hydrogen-bond acceptors (Lipinski definition) is 4. The van der Waals surface area contributed by atoms with Crippen LogP contribution in [0.25, 0.3) is 0 Å². The van der Waals surface area contributed by atoms with E-state index in [1.54, 1.807) is 4.90 Å². The van der Waals surface area contributed by atoms with Crippen LogP contribution in [0.2, 0.25) is 0 Å². The van der Waals surface area contributed by atoms with Crippen molar-refractivity contribution in [3.8, 4) is 12.1 Å². The quantitative estimate of drug-likeness (QED) is 0.727. The highest BCUT2D eigenvalue weighted by molar-refractivity contribution is 5.76. The van der Waals surface area contributed by atoms with Gasteiger partial charge in [0.15, 0.2) is 11.4 Å². The molecule has 1 aliphatic heterocycles. The topological polar surface area (TPSA) is 85.7 Å². The van der Waals surface area contributed by atoms with Crippen molar-refractivity contribution in [1.82, 2.24) is 14.5 Å². The number of amides is 1. The summed E-state index contributed by atoms with van der Waals surface area (Å²) in [4.78, 5) is 17.4. The maximum absolute atomic E-state index is 11.9. The number of carbonyl (C=O) groups is 1. The molecular weight excluding hydrogens is 218 g/mol. The van der Waals surface area contributed by atoms with Gasteiger partial charge in [-0.1, -0.05) is 0 Å². The highest BCUT2D eigenvalue weighted by Crippen LogP contribution is 2.10. The third-order valence-electron chi connectivity index (χ3n) is 2.81. The second-order valence-electron chi connectivity index (χ2n) is 3.88. The summed E-state index contributed by atoms with van der Waals surface area (Å²) in [6, 6.07) is 3.73. The molecule has 17 heavy (non-hydrogen) atoms. The lowest BCUT2D eigenvalue weighted by Gasteiger charge is -2.15. The molecule has 0 aliphatic carbocycles. The minimum absolute atomic E-state index is 0.0270. The van der Waals surface area contributed by atoms with Gasteiger partial charge in [-0.3, -0.25) is 4.79 Å². The largest absolute Gasteiger partial charge is 0.341 e. The van der Waals surface area contributed by atoms with Crippen molar-refractivity contribution in [1.29, 1.82) is 10.5 Å². The van der Waals surface area contributed by atoms with Gasteiger partial charge in [-0.05, 0) is 12.8 Å². The van der Waals surface area contributed by atoms with E-state index in [4.69, 9.17) is 10.5 Å². The van der Waals surface area contributed by atoms with Crippen LogP contribution < -0.4 is 0 Å². The molecular formula is C11H11N5O. The van der Waals surface area contributed by atoms with E-state index in [-0.39, 0.29) is 23.8 Å². The predicted molar refractivity (Wildman–Crippen MR) is 57.5 cm³/mol. The Kier molecular flexibility index (Phi) is 3.06. The molecule has 2 rings (SSSR count). The van der Waals surface area contributed by atoms with Crippen LogP contribution in [0, 0.1) is 22.7 Å². The number of nitrogens with zero attached hydrogens (tertiary/aromatic N) is 5. The van der Waals surface area contributed by atoms with E-state index in [1.165, 1.54) is 10.9 Å². The molecule has 0 saturated carbocycles. The van der Waals surface area contributed by atoms with Crippen molar-refractivity contribution in [3.63, 3.8) is 0 Å². The van der Waals surface area contributed by atoms with Crippen LogP contribution >= 0.6 is 0 Å². The molecule has 2 heterocycles. The summed E-state index contributed by atoms with van der Waals surface area (Å²) in [6.07, 6.45) is 3.43. The molecule has 0 spiro atoms. The first-order valence-corrected chi connectivity index (χ1v) is 5.39. The van der Waals surface area contributed by atoms with Crippen molar-refractivity contribution >= 4 is 5.91 Å². The number of likely N-dealkylation sites (tertiary alicyclic amines) is 1. The van der Waals surface area contributed by atoms with Gasteiger partial charge in [0.25, 0.3) is 0 Å². The number of hydrogen-bond donors (Lipinski definition) is 0. The van der Waals surface area contributed by atoms with Crippen molar-refractivity contribution in [2.75, 3.05) is 13.1 Å². The Morgan fingerprint density at radius 3 is 2.65 bits per heavy atom. The third kappa shape index (κ3) is 2.11. The van der Waals surface area contributed by atoms with Crippen molar-refractivity contribution in [2.45, 2.75) is 19.4 Å². The molecule has 0 atom stereocenters. The van der Waals surface area contributed by atoms with Gasteiger partial charge in [0.05, 0.1) is 6.33 Å². The first-order valence-electron chi connectivity index (χ1n) is 5.39. The third-order valence-corrected chi connectivity index (χ3v) is 2.81. The molecule has 1 saturated heterocycles. The lowest BCUT2D eigenvalue weighted by molar-refractivity contribution is -0.130. The monoisotopic (exact) mass is 229 g/mol.